The number of halogens is 8. The third-order valence-corrected chi connectivity index (χ3v) is 13.7. The zero-order valence-corrected chi connectivity index (χ0v) is 44.8. The minimum absolute atomic E-state index is 0. The van der Waals surface area contributed by atoms with Crippen molar-refractivity contribution in [1.82, 2.24) is 0 Å². The molecule has 318 valence electrons. The number of nitrogens with zero attached hydrogens (tertiary/aromatic N) is 2. The van der Waals surface area contributed by atoms with Crippen molar-refractivity contribution in [2.75, 3.05) is 52.1 Å². The van der Waals surface area contributed by atoms with E-state index < -0.39 is 24.0 Å². The SMILES string of the molecule is C1CCOC1.CCOCC.C[Si](C)(C)[N-][Si](C)(C)C.ClC[C@H]1CO1.FB(F)F.N#CCc1cc(Br)ccc1F.NC[C@@]1(c2cc(Br)ccc2F)C[C@H]1CO.[BH4-].[Na+].[Na+]. The van der Waals surface area contributed by atoms with Gasteiger partial charge in [-0.3, -0.25) is 12.9 Å². The quantitative estimate of drug-likeness (QED) is 0.173. The number of alkyl halides is 1. The molecule has 1 saturated carbocycles. The Morgan fingerprint density at radius 3 is 1.68 bits per heavy atom. The number of aliphatic hydroxyl groups excluding tert-OH is 1. The van der Waals surface area contributed by atoms with Crippen LogP contribution in [0.15, 0.2) is 45.3 Å². The van der Waals surface area contributed by atoms with Gasteiger partial charge in [-0.2, -0.15) is 5.26 Å². The van der Waals surface area contributed by atoms with Crippen LogP contribution in [0.2, 0.25) is 39.3 Å². The van der Waals surface area contributed by atoms with Gasteiger partial charge in [0, 0.05) is 59.5 Å². The Hall–Kier alpha value is 1.15. The molecule has 7 nitrogen and oxygen atoms in total. The third-order valence-electron chi connectivity index (χ3n) is 7.04. The molecule has 2 heterocycles. The van der Waals surface area contributed by atoms with Gasteiger partial charge in [0.05, 0.1) is 31.1 Å². The minimum Gasteiger partial charge on any atom is -0.668 e. The van der Waals surface area contributed by atoms with Crippen molar-refractivity contribution in [3.8, 4) is 6.07 Å². The number of nitriles is 1. The van der Waals surface area contributed by atoms with Gasteiger partial charge < -0.3 is 29.7 Å². The van der Waals surface area contributed by atoms with Crippen LogP contribution in [-0.2, 0) is 26.0 Å². The summed E-state index contributed by atoms with van der Waals surface area (Å²) in [5, 5.41) is 17.4. The summed E-state index contributed by atoms with van der Waals surface area (Å²) < 4.78 is 76.4. The fourth-order valence-corrected chi connectivity index (χ4v) is 13.8. The molecule has 0 radical (unpaired) electrons. The summed E-state index contributed by atoms with van der Waals surface area (Å²) in [5.74, 6) is 0.209. The zero-order valence-electron chi connectivity index (χ0n) is 34.8. The van der Waals surface area contributed by atoms with E-state index in [1.807, 2.05) is 19.9 Å². The van der Waals surface area contributed by atoms with Crippen molar-refractivity contribution in [1.29, 1.82) is 5.26 Å². The van der Waals surface area contributed by atoms with Gasteiger partial charge >= 0.3 is 66.7 Å². The second kappa shape index (κ2) is 37.7. The number of aliphatic hydroxyl groups is 1. The van der Waals surface area contributed by atoms with Crippen LogP contribution in [-0.4, -0.2) is 95.7 Å². The Labute approximate surface area is 410 Å². The van der Waals surface area contributed by atoms with Gasteiger partial charge in [0.1, 0.15) is 11.6 Å². The first-order valence-electron chi connectivity index (χ1n) is 17.7. The molecule has 0 amide bonds. The molecule has 3 aliphatic rings. The predicted octanol–water partition coefficient (Wildman–Crippen LogP) is 3.38. The Balaban J connectivity index is -0.000000193. The zero-order chi connectivity index (χ0) is 42.0. The van der Waals surface area contributed by atoms with Crippen molar-refractivity contribution in [2.45, 2.75) is 90.3 Å². The average molecular weight is 1020 g/mol. The second-order valence-corrected chi connectivity index (χ2v) is 25.8. The summed E-state index contributed by atoms with van der Waals surface area (Å²) in [6.07, 6.45) is 3.84. The summed E-state index contributed by atoms with van der Waals surface area (Å²) >= 11 is 11.8. The van der Waals surface area contributed by atoms with Crippen molar-refractivity contribution in [3.05, 3.63) is 72.8 Å². The van der Waals surface area contributed by atoms with E-state index in [0.717, 1.165) is 48.4 Å². The molecule has 1 aliphatic carbocycles. The largest absolute Gasteiger partial charge is 1.00 e. The van der Waals surface area contributed by atoms with Crippen molar-refractivity contribution in [3.63, 3.8) is 0 Å². The van der Waals surface area contributed by atoms with E-state index >= 15 is 0 Å². The van der Waals surface area contributed by atoms with Crippen LogP contribution in [0.1, 0.15) is 44.2 Å². The number of rotatable bonds is 9. The molecule has 21 heteroatoms. The van der Waals surface area contributed by atoms with Crippen molar-refractivity contribution in [2.24, 2.45) is 11.7 Å². The molecule has 0 unspecified atom stereocenters. The standard InChI is InChI=1S/C11H13BrFNO.C8H5BrFN.C6H18NSi2.C4H8O.C4H10O.C3H5ClO.BF3.BH4.2Na/c12-8-1-2-10(13)9(3-8)11(6-14)4-7(11)5-15;9-7-1-2-8(10)6(5-7)3-4-11;1-8(2,3)7-9(4,5)6;1-2-4-5-3-1;1-3-5-4-2;4-1-3-2-5-3;2-1(3)4;;;/h1-3,7,15H,4-6,14H2;1-2,5H,3H2;1-6H3;1-4H2;3-4H2,1-2H3;3H,1-2H2;;1H4;;/q;;-1;;;;;-1;2*+1/t7-,11-;;;;;3-;;;;/m0....0..../s1. The monoisotopic (exact) mass is 1010 g/mol. The molecule has 5 rings (SSSR count). The Bertz CT molecular complexity index is 1320. The Morgan fingerprint density at radius 1 is 0.965 bits per heavy atom. The molecule has 57 heavy (non-hydrogen) atoms. The van der Waals surface area contributed by atoms with Crippen LogP contribution in [0.5, 0.6) is 0 Å². The van der Waals surface area contributed by atoms with Gasteiger partial charge in [0.15, 0.2) is 0 Å². The molecule has 3 fully saturated rings. The molecule has 3 N–H and O–H groups in total. The molecule has 0 spiro atoms. The molecule has 0 aromatic heterocycles. The summed E-state index contributed by atoms with van der Waals surface area (Å²) in [6, 6.07) is 11.3. The van der Waals surface area contributed by atoms with Gasteiger partial charge in [-0.15, -0.1) is 11.6 Å². The number of nitrogens with two attached hydrogens (primary N) is 1. The van der Waals surface area contributed by atoms with Gasteiger partial charge in [0.2, 0.25) is 0 Å². The smallest absolute Gasteiger partial charge is 0.668 e. The summed E-state index contributed by atoms with van der Waals surface area (Å²) in [5.41, 5.74) is 6.40. The van der Waals surface area contributed by atoms with Crippen LogP contribution in [0.4, 0.5) is 21.7 Å². The second-order valence-electron chi connectivity index (χ2n) is 14.1. The maximum Gasteiger partial charge on any atom is 1.00 e. The van der Waals surface area contributed by atoms with Crippen LogP contribution in [0, 0.1) is 28.9 Å². The van der Waals surface area contributed by atoms with Gasteiger partial charge in [0.25, 0.3) is 0 Å². The Morgan fingerprint density at radius 2 is 1.42 bits per heavy atom. The van der Waals surface area contributed by atoms with Crippen LogP contribution in [0.3, 0.4) is 0 Å². The molecule has 2 aromatic carbocycles. The fourth-order valence-electron chi connectivity index (χ4n) is 4.83. The minimum atomic E-state index is -3.67. The number of hydrogen-bond donors (Lipinski definition) is 2. The maximum atomic E-state index is 13.6. The summed E-state index contributed by atoms with van der Waals surface area (Å²) in [4.78, 5) is 0. The first-order valence-corrected chi connectivity index (χ1v) is 26.7. The van der Waals surface area contributed by atoms with E-state index in [2.05, 4.69) is 71.1 Å². The van der Waals surface area contributed by atoms with Crippen molar-refractivity contribution >= 4 is 75.9 Å². The van der Waals surface area contributed by atoms with E-state index in [-0.39, 0.29) is 104 Å². The average Bonchev–Trinajstić information content (AvgIpc) is 3.98. The molecule has 2 aromatic rings. The fraction of sp³-hybridized carbons (Fsp3) is 0.639. The predicted molar refractivity (Wildman–Crippen MR) is 237 cm³/mol. The van der Waals surface area contributed by atoms with Crippen LogP contribution in [0.25, 0.3) is 4.65 Å². The van der Waals surface area contributed by atoms with Gasteiger partial charge in [-0.25, -0.2) is 8.78 Å². The van der Waals surface area contributed by atoms with Gasteiger partial charge in [-0.05, 0) is 81.0 Å². The maximum absolute atomic E-state index is 13.6. The third kappa shape index (κ3) is 37.4. The molecule has 0 bridgehead atoms. The van der Waals surface area contributed by atoms with E-state index in [0.29, 0.717) is 29.7 Å². The Kier molecular flexibility index (Phi) is 44.5. The summed E-state index contributed by atoms with van der Waals surface area (Å²) in [6.45, 7) is 22.8. The van der Waals surface area contributed by atoms with Crippen LogP contribution >= 0.6 is 43.5 Å². The molecule has 2 aliphatic heterocycles. The first-order chi connectivity index (χ1) is 25.2. The van der Waals surface area contributed by atoms with Crippen LogP contribution < -0.4 is 64.8 Å². The molecular weight excluding hydrogens is 952 g/mol. The molecular formula is C36H63B2Br2ClF5N3Na2O4Si2. The molecule has 2 saturated heterocycles. The van der Waals surface area contributed by atoms with E-state index in [4.69, 9.17) is 46.6 Å². The first kappa shape index (κ1) is 67.2. The number of epoxide rings is 1. The van der Waals surface area contributed by atoms with Crippen molar-refractivity contribution < 1.29 is 100 Å². The topological polar surface area (TPSA) is 115 Å². The number of benzene rings is 2. The normalized spacial score (nSPS) is 18.0. The molecule has 3 atom stereocenters. The van der Waals surface area contributed by atoms with E-state index in [1.54, 1.807) is 24.3 Å². The van der Waals surface area contributed by atoms with E-state index in [1.165, 1.54) is 25.0 Å². The number of hydrogen-bond acceptors (Lipinski definition) is 6. The van der Waals surface area contributed by atoms with Gasteiger partial charge in [-0.1, -0.05) is 96.0 Å². The summed E-state index contributed by atoms with van der Waals surface area (Å²) in [7, 11) is -5.88. The number of ether oxygens (including phenoxy) is 3. The van der Waals surface area contributed by atoms with E-state index in [9.17, 15) is 21.7 Å².